The second kappa shape index (κ2) is 7.38. The molecule has 1 aromatic heterocycles. The van der Waals surface area contributed by atoms with E-state index in [2.05, 4.69) is 5.10 Å². The Morgan fingerprint density at radius 3 is 2.36 bits per heavy atom. The molecule has 3 aromatic rings. The summed E-state index contributed by atoms with van der Waals surface area (Å²) >= 11 is 0. The first-order valence-electron chi connectivity index (χ1n) is 9.12. The average Bonchev–Trinajstić information content (AvgIpc) is 3.17. The highest BCUT2D eigenvalue weighted by molar-refractivity contribution is 5.98. The van der Waals surface area contributed by atoms with Crippen LogP contribution in [0.25, 0.3) is 5.69 Å². The first kappa shape index (κ1) is 18.1. The zero-order chi connectivity index (χ0) is 19.7. The first-order chi connectivity index (χ1) is 13.7. The molecule has 0 radical (unpaired) electrons. The van der Waals surface area contributed by atoms with Crippen molar-refractivity contribution < 1.29 is 19.0 Å². The lowest BCUT2D eigenvalue weighted by molar-refractivity contribution is 0.0963. The quantitative estimate of drug-likeness (QED) is 0.676. The van der Waals surface area contributed by atoms with Crippen molar-refractivity contribution in [3.8, 4) is 22.9 Å². The summed E-state index contributed by atoms with van der Waals surface area (Å²) in [5, 5.41) is 4.47. The van der Waals surface area contributed by atoms with E-state index in [4.69, 9.17) is 14.2 Å². The van der Waals surface area contributed by atoms with Gasteiger partial charge in [0.25, 0.3) is 0 Å². The Bertz CT molecular complexity index is 1010. The summed E-state index contributed by atoms with van der Waals surface area (Å²) in [7, 11) is 4.77. The molecule has 1 aliphatic carbocycles. The van der Waals surface area contributed by atoms with Gasteiger partial charge in [0, 0.05) is 17.9 Å². The Labute approximate surface area is 163 Å². The van der Waals surface area contributed by atoms with Gasteiger partial charge in [-0.05, 0) is 24.6 Å². The third kappa shape index (κ3) is 2.91. The predicted molar refractivity (Wildman–Crippen MR) is 105 cm³/mol. The molecule has 0 bridgehead atoms. The number of rotatable bonds is 5. The van der Waals surface area contributed by atoms with E-state index in [1.165, 1.54) is 0 Å². The van der Waals surface area contributed by atoms with Gasteiger partial charge in [-0.15, -0.1) is 0 Å². The van der Waals surface area contributed by atoms with Crippen molar-refractivity contribution in [1.82, 2.24) is 9.78 Å². The molecule has 0 saturated carbocycles. The Kier molecular flexibility index (Phi) is 4.77. The Morgan fingerprint density at radius 2 is 1.68 bits per heavy atom. The van der Waals surface area contributed by atoms with Crippen LogP contribution in [-0.2, 0) is 6.42 Å². The van der Waals surface area contributed by atoms with Gasteiger partial charge in [0.05, 0.1) is 44.5 Å². The molecule has 1 atom stereocenters. The summed E-state index contributed by atoms with van der Waals surface area (Å²) in [6, 6.07) is 13.7. The topological polar surface area (TPSA) is 62.6 Å². The van der Waals surface area contributed by atoms with E-state index >= 15 is 0 Å². The van der Waals surface area contributed by atoms with Crippen molar-refractivity contribution in [2.45, 2.75) is 18.8 Å². The second-order valence-electron chi connectivity index (χ2n) is 6.70. The van der Waals surface area contributed by atoms with Gasteiger partial charge in [-0.2, -0.15) is 5.10 Å². The maximum Gasteiger partial charge on any atom is 0.203 e. The van der Waals surface area contributed by atoms with Crippen LogP contribution in [0, 0.1) is 0 Å². The average molecular weight is 378 g/mol. The van der Waals surface area contributed by atoms with E-state index in [0.29, 0.717) is 35.7 Å². The molecule has 0 amide bonds. The van der Waals surface area contributed by atoms with E-state index < -0.39 is 0 Å². The molecule has 0 saturated heterocycles. The number of nitrogens with zero attached hydrogens (tertiary/aromatic N) is 2. The Balaban J connectivity index is 1.78. The fourth-order valence-corrected chi connectivity index (χ4v) is 3.90. The number of Topliss-reactive ketones (excluding diaryl/α,β-unsaturated/α-hetero) is 1. The third-order valence-corrected chi connectivity index (χ3v) is 5.22. The molecular weight excluding hydrogens is 356 g/mol. The van der Waals surface area contributed by atoms with Crippen LogP contribution < -0.4 is 14.2 Å². The number of fused-ring (bicyclic) bond motifs is 1. The summed E-state index contributed by atoms with van der Waals surface area (Å²) < 4.78 is 18.4. The van der Waals surface area contributed by atoms with Crippen LogP contribution in [0.3, 0.4) is 0 Å². The van der Waals surface area contributed by atoms with Crippen LogP contribution in [0.15, 0.2) is 48.7 Å². The van der Waals surface area contributed by atoms with Crippen LogP contribution >= 0.6 is 0 Å². The number of aromatic nitrogens is 2. The van der Waals surface area contributed by atoms with Gasteiger partial charge < -0.3 is 14.2 Å². The molecule has 0 spiro atoms. The van der Waals surface area contributed by atoms with Crippen LogP contribution in [0.5, 0.6) is 17.2 Å². The standard InChI is InChI=1S/C22H22N2O4/c1-26-20-10-9-16(21(27-2)22(20)28-3)14-11-18-17(19(25)12-14)13-23-24(18)15-7-5-4-6-8-15/h4-10,13-14H,11-12H2,1-3H3/t14-/m0/s1. The van der Waals surface area contributed by atoms with Crippen molar-refractivity contribution in [3.63, 3.8) is 0 Å². The molecule has 6 heteroatoms. The van der Waals surface area contributed by atoms with Crippen LogP contribution in [-0.4, -0.2) is 36.9 Å². The molecule has 0 fully saturated rings. The summed E-state index contributed by atoms with van der Waals surface area (Å²) in [5.74, 6) is 1.80. The number of carbonyl (C=O) groups excluding carboxylic acids is 1. The monoisotopic (exact) mass is 378 g/mol. The van der Waals surface area contributed by atoms with Gasteiger partial charge in [-0.25, -0.2) is 4.68 Å². The van der Waals surface area contributed by atoms with E-state index in [1.54, 1.807) is 27.5 Å². The number of hydrogen-bond donors (Lipinski definition) is 0. The van der Waals surface area contributed by atoms with Crippen molar-refractivity contribution >= 4 is 5.78 Å². The van der Waals surface area contributed by atoms with E-state index in [9.17, 15) is 4.79 Å². The summed E-state index contributed by atoms with van der Waals surface area (Å²) in [6.07, 6.45) is 2.76. The molecule has 144 valence electrons. The molecule has 1 aliphatic rings. The van der Waals surface area contributed by atoms with Gasteiger partial charge in [0.1, 0.15) is 0 Å². The summed E-state index contributed by atoms with van der Waals surface area (Å²) in [4.78, 5) is 12.8. The highest BCUT2D eigenvalue weighted by Gasteiger charge is 2.33. The molecule has 28 heavy (non-hydrogen) atoms. The van der Waals surface area contributed by atoms with Gasteiger partial charge >= 0.3 is 0 Å². The number of ketones is 1. The fraction of sp³-hybridized carbons (Fsp3) is 0.273. The van der Waals surface area contributed by atoms with Crippen molar-refractivity contribution in [3.05, 3.63) is 65.5 Å². The Hall–Kier alpha value is -3.28. The third-order valence-electron chi connectivity index (χ3n) is 5.22. The van der Waals surface area contributed by atoms with Gasteiger partial charge in [-0.3, -0.25) is 4.79 Å². The normalized spacial score (nSPS) is 15.8. The molecule has 0 aliphatic heterocycles. The minimum Gasteiger partial charge on any atom is -0.493 e. The van der Waals surface area contributed by atoms with Crippen LogP contribution in [0.4, 0.5) is 0 Å². The molecule has 4 rings (SSSR count). The Morgan fingerprint density at radius 1 is 0.929 bits per heavy atom. The number of carbonyl (C=O) groups is 1. The molecule has 6 nitrogen and oxygen atoms in total. The number of methoxy groups -OCH3 is 3. The van der Waals surface area contributed by atoms with E-state index in [1.807, 2.05) is 47.1 Å². The second-order valence-corrected chi connectivity index (χ2v) is 6.70. The molecular formula is C22H22N2O4. The van der Waals surface area contributed by atoms with E-state index in [-0.39, 0.29) is 11.7 Å². The van der Waals surface area contributed by atoms with Crippen molar-refractivity contribution in [2.24, 2.45) is 0 Å². The van der Waals surface area contributed by atoms with E-state index in [0.717, 1.165) is 16.9 Å². The lowest BCUT2D eigenvalue weighted by Gasteiger charge is -2.25. The minimum absolute atomic E-state index is 0.0334. The smallest absolute Gasteiger partial charge is 0.203 e. The summed E-state index contributed by atoms with van der Waals surface area (Å²) in [5.41, 5.74) is 3.49. The number of para-hydroxylation sites is 1. The largest absolute Gasteiger partial charge is 0.493 e. The SMILES string of the molecule is COc1ccc([C@@H]2CC(=O)c3cnn(-c4ccccc4)c3C2)c(OC)c1OC. The zero-order valence-electron chi connectivity index (χ0n) is 16.1. The number of benzene rings is 2. The van der Waals surface area contributed by atoms with Crippen LogP contribution in [0.1, 0.15) is 34.0 Å². The zero-order valence-corrected chi connectivity index (χ0v) is 16.1. The molecule has 0 unspecified atom stereocenters. The van der Waals surface area contributed by atoms with Gasteiger partial charge in [0.15, 0.2) is 17.3 Å². The lowest BCUT2D eigenvalue weighted by atomic mass is 9.82. The predicted octanol–water partition coefficient (Wildman–Crippen LogP) is 3.81. The maximum absolute atomic E-state index is 12.8. The lowest BCUT2D eigenvalue weighted by Crippen LogP contribution is -2.20. The highest BCUT2D eigenvalue weighted by atomic mass is 16.5. The molecule has 1 heterocycles. The van der Waals surface area contributed by atoms with Crippen molar-refractivity contribution in [2.75, 3.05) is 21.3 Å². The maximum atomic E-state index is 12.8. The van der Waals surface area contributed by atoms with Crippen molar-refractivity contribution in [1.29, 1.82) is 0 Å². The first-order valence-corrected chi connectivity index (χ1v) is 9.12. The number of ether oxygens (including phenoxy) is 3. The van der Waals surface area contributed by atoms with Gasteiger partial charge in [0.2, 0.25) is 5.75 Å². The fourth-order valence-electron chi connectivity index (χ4n) is 3.90. The highest BCUT2D eigenvalue weighted by Crippen LogP contribution is 2.45. The molecule has 2 aromatic carbocycles. The molecule has 0 N–H and O–H groups in total. The number of hydrogen-bond acceptors (Lipinski definition) is 5. The summed E-state index contributed by atoms with van der Waals surface area (Å²) in [6.45, 7) is 0. The van der Waals surface area contributed by atoms with Crippen LogP contribution in [0.2, 0.25) is 0 Å². The minimum atomic E-state index is -0.0334. The van der Waals surface area contributed by atoms with Gasteiger partial charge in [-0.1, -0.05) is 24.3 Å².